The second-order valence-corrected chi connectivity index (χ2v) is 4.45. The van der Waals surface area contributed by atoms with Crippen molar-refractivity contribution in [3.05, 3.63) is 0 Å². The molecule has 4 nitrogen and oxygen atoms in total. The van der Waals surface area contributed by atoms with Crippen molar-refractivity contribution in [3.8, 4) is 0 Å². The van der Waals surface area contributed by atoms with Crippen LogP contribution in [0, 0.1) is 5.92 Å². The van der Waals surface area contributed by atoms with Crippen molar-refractivity contribution < 1.29 is 15.0 Å². The van der Waals surface area contributed by atoms with Crippen molar-refractivity contribution in [2.24, 2.45) is 5.92 Å². The zero-order chi connectivity index (χ0) is 10.1. The van der Waals surface area contributed by atoms with E-state index in [9.17, 15) is 4.79 Å². The Bertz CT molecular complexity index is 217. The minimum atomic E-state index is -0.646. The number of hydrogen-bond acceptors (Lipinski definition) is 3. The van der Waals surface area contributed by atoms with E-state index in [-0.39, 0.29) is 12.0 Å². The SMILES string of the molecule is O=C(O)C1CCC(N2CC(O)C2)CC1. The van der Waals surface area contributed by atoms with Crippen LogP contribution in [-0.2, 0) is 4.79 Å². The number of nitrogens with zero attached hydrogens (tertiary/aromatic N) is 1. The van der Waals surface area contributed by atoms with Gasteiger partial charge < -0.3 is 10.2 Å². The van der Waals surface area contributed by atoms with Gasteiger partial charge in [0.15, 0.2) is 0 Å². The van der Waals surface area contributed by atoms with Gasteiger partial charge in [0.1, 0.15) is 0 Å². The van der Waals surface area contributed by atoms with Gasteiger partial charge in [-0.1, -0.05) is 0 Å². The lowest BCUT2D eigenvalue weighted by Crippen LogP contribution is -2.56. The Labute approximate surface area is 83.5 Å². The summed E-state index contributed by atoms with van der Waals surface area (Å²) in [5.41, 5.74) is 0. The van der Waals surface area contributed by atoms with Crippen LogP contribution < -0.4 is 0 Å². The molecule has 2 rings (SSSR count). The molecule has 1 aliphatic carbocycles. The normalized spacial score (nSPS) is 35.2. The molecule has 0 aromatic rings. The lowest BCUT2D eigenvalue weighted by Gasteiger charge is -2.44. The average Bonchev–Trinajstić information content (AvgIpc) is 2.13. The number of β-amino-alcohol motifs (C(OH)–C–C–N with tert-alkyl or cyclic N) is 1. The number of rotatable bonds is 2. The van der Waals surface area contributed by atoms with E-state index in [2.05, 4.69) is 4.90 Å². The molecule has 0 unspecified atom stereocenters. The summed E-state index contributed by atoms with van der Waals surface area (Å²) in [5.74, 6) is -0.774. The molecule has 0 atom stereocenters. The third kappa shape index (κ3) is 1.91. The minimum Gasteiger partial charge on any atom is -0.481 e. The Morgan fingerprint density at radius 1 is 1.14 bits per heavy atom. The van der Waals surface area contributed by atoms with Crippen LogP contribution in [0.25, 0.3) is 0 Å². The molecular formula is C10H17NO3. The van der Waals surface area contributed by atoms with Gasteiger partial charge in [-0.25, -0.2) is 0 Å². The molecule has 1 saturated carbocycles. The van der Waals surface area contributed by atoms with E-state index in [0.717, 1.165) is 38.8 Å². The van der Waals surface area contributed by atoms with E-state index in [0.29, 0.717) is 6.04 Å². The molecule has 80 valence electrons. The van der Waals surface area contributed by atoms with E-state index in [4.69, 9.17) is 10.2 Å². The van der Waals surface area contributed by atoms with E-state index in [1.165, 1.54) is 0 Å². The van der Waals surface area contributed by atoms with Crippen LogP contribution in [0.3, 0.4) is 0 Å². The molecule has 2 aliphatic rings. The third-order valence-electron chi connectivity index (χ3n) is 3.45. The highest BCUT2D eigenvalue weighted by atomic mass is 16.4. The van der Waals surface area contributed by atoms with Crippen LogP contribution in [0.15, 0.2) is 0 Å². The van der Waals surface area contributed by atoms with Crippen molar-refractivity contribution in [1.82, 2.24) is 4.90 Å². The number of carbonyl (C=O) groups is 1. The number of aliphatic hydroxyl groups is 1. The molecule has 14 heavy (non-hydrogen) atoms. The van der Waals surface area contributed by atoms with Crippen LogP contribution in [0.1, 0.15) is 25.7 Å². The third-order valence-corrected chi connectivity index (χ3v) is 3.45. The summed E-state index contributed by atoms with van der Waals surface area (Å²) < 4.78 is 0. The molecule has 0 spiro atoms. The van der Waals surface area contributed by atoms with Gasteiger partial charge in [-0.15, -0.1) is 0 Å². The molecule has 1 saturated heterocycles. The fourth-order valence-corrected chi connectivity index (χ4v) is 2.47. The van der Waals surface area contributed by atoms with E-state index in [1.807, 2.05) is 0 Å². The number of aliphatic carboxylic acids is 1. The second-order valence-electron chi connectivity index (χ2n) is 4.45. The van der Waals surface area contributed by atoms with Gasteiger partial charge in [0.25, 0.3) is 0 Å². The van der Waals surface area contributed by atoms with Crippen molar-refractivity contribution in [1.29, 1.82) is 0 Å². The van der Waals surface area contributed by atoms with E-state index < -0.39 is 5.97 Å². The maximum atomic E-state index is 10.7. The summed E-state index contributed by atoms with van der Waals surface area (Å²) in [6, 6.07) is 0.522. The maximum absolute atomic E-state index is 10.7. The highest BCUT2D eigenvalue weighted by Crippen LogP contribution is 2.29. The lowest BCUT2D eigenvalue weighted by atomic mass is 9.84. The topological polar surface area (TPSA) is 60.8 Å². The highest BCUT2D eigenvalue weighted by molar-refractivity contribution is 5.70. The van der Waals surface area contributed by atoms with Gasteiger partial charge in [-0.2, -0.15) is 0 Å². The van der Waals surface area contributed by atoms with Crippen LogP contribution in [-0.4, -0.2) is 46.3 Å². The monoisotopic (exact) mass is 199 g/mol. The fraction of sp³-hybridized carbons (Fsp3) is 0.900. The second kappa shape index (κ2) is 3.87. The molecule has 0 amide bonds. The minimum absolute atomic E-state index is 0.127. The number of likely N-dealkylation sites (tertiary alicyclic amines) is 1. The highest BCUT2D eigenvalue weighted by Gasteiger charge is 2.34. The molecule has 2 fully saturated rings. The molecule has 0 aromatic carbocycles. The number of aliphatic hydroxyl groups excluding tert-OH is 1. The molecule has 1 aliphatic heterocycles. The predicted molar refractivity (Wildman–Crippen MR) is 51.0 cm³/mol. The molecular weight excluding hydrogens is 182 g/mol. The van der Waals surface area contributed by atoms with Gasteiger partial charge >= 0.3 is 5.97 Å². The predicted octanol–water partition coefficient (Wildman–Crippen LogP) is 0.306. The van der Waals surface area contributed by atoms with E-state index >= 15 is 0 Å². The standard InChI is InChI=1S/C10H17NO3/c12-9-5-11(6-9)8-3-1-7(2-4-8)10(13)14/h7-9,12H,1-6H2,(H,13,14). The maximum Gasteiger partial charge on any atom is 0.306 e. The summed E-state index contributed by atoms with van der Waals surface area (Å²) in [6.45, 7) is 1.56. The average molecular weight is 199 g/mol. The molecule has 2 N–H and O–H groups in total. The van der Waals surface area contributed by atoms with Crippen molar-refractivity contribution in [3.63, 3.8) is 0 Å². The molecule has 0 radical (unpaired) electrons. The Hall–Kier alpha value is -0.610. The Morgan fingerprint density at radius 3 is 2.14 bits per heavy atom. The van der Waals surface area contributed by atoms with Gasteiger partial charge in [-0.3, -0.25) is 9.69 Å². The smallest absolute Gasteiger partial charge is 0.306 e. The zero-order valence-electron chi connectivity index (χ0n) is 8.22. The van der Waals surface area contributed by atoms with Crippen LogP contribution in [0.5, 0.6) is 0 Å². The first-order valence-electron chi connectivity index (χ1n) is 5.31. The summed E-state index contributed by atoms with van der Waals surface area (Å²) in [6.07, 6.45) is 3.40. The van der Waals surface area contributed by atoms with Crippen molar-refractivity contribution in [2.45, 2.75) is 37.8 Å². The first-order valence-corrected chi connectivity index (χ1v) is 5.31. The van der Waals surface area contributed by atoms with Crippen LogP contribution >= 0.6 is 0 Å². The number of hydrogen-bond donors (Lipinski definition) is 2. The Morgan fingerprint density at radius 2 is 1.71 bits per heavy atom. The largest absolute Gasteiger partial charge is 0.481 e. The summed E-state index contributed by atoms with van der Waals surface area (Å²) >= 11 is 0. The summed E-state index contributed by atoms with van der Waals surface area (Å²) in [7, 11) is 0. The summed E-state index contributed by atoms with van der Waals surface area (Å²) in [4.78, 5) is 13.0. The van der Waals surface area contributed by atoms with Gasteiger partial charge in [0.05, 0.1) is 12.0 Å². The van der Waals surface area contributed by atoms with Gasteiger partial charge in [0, 0.05) is 19.1 Å². The quantitative estimate of drug-likeness (QED) is 0.671. The van der Waals surface area contributed by atoms with Crippen LogP contribution in [0.2, 0.25) is 0 Å². The van der Waals surface area contributed by atoms with Crippen molar-refractivity contribution in [2.75, 3.05) is 13.1 Å². The molecule has 4 heteroatoms. The van der Waals surface area contributed by atoms with Crippen LogP contribution in [0.4, 0.5) is 0 Å². The van der Waals surface area contributed by atoms with E-state index in [1.54, 1.807) is 0 Å². The Kier molecular flexibility index (Phi) is 2.74. The Balaban J connectivity index is 1.76. The lowest BCUT2D eigenvalue weighted by molar-refractivity contribution is -0.143. The molecule has 1 heterocycles. The van der Waals surface area contributed by atoms with Gasteiger partial charge in [-0.05, 0) is 25.7 Å². The fourth-order valence-electron chi connectivity index (χ4n) is 2.47. The zero-order valence-corrected chi connectivity index (χ0v) is 8.22. The summed E-state index contributed by atoms with van der Waals surface area (Å²) in [5, 5.41) is 18.0. The first-order chi connectivity index (χ1) is 6.66. The molecule has 0 aromatic heterocycles. The number of carboxylic acids is 1. The molecule has 0 bridgehead atoms. The number of carboxylic acid groups (broad SMARTS) is 1. The van der Waals surface area contributed by atoms with Crippen molar-refractivity contribution >= 4 is 5.97 Å². The van der Waals surface area contributed by atoms with Gasteiger partial charge in [0.2, 0.25) is 0 Å². The first kappa shape index (κ1) is 9.93.